The molecule has 0 spiro atoms. The first-order valence-electron chi connectivity index (χ1n) is 6.44. The van der Waals surface area contributed by atoms with Gasteiger partial charge in [0, 0.05) is 19.5 Å². The molecule has 1 aromatic rings. The SMILES string of the molecule is CCCc1nc(=S(=O)=O)n(C(=O)N(CC)CCC)[nH]1. The van der Waals surface area contributed by atoms with E-state index in [0.29, 0.717) is 25.3 Å². The maximum Gasteiger partial charge on any atom is 0.345 e. The van der Waals surface area contributed by atoms with Crippen molar-refractivity contribution in [3.63, 3.8) is 0 Å². The minimum Gasteiger partial charge on any atom is -0.323 e. The average molecular weight is 288 g/mol. The van der Waals surface area contributed by atoms with Gasteiger partial charge in [-0.1, -0.05) is 13.8 Å². The van der Waals surface area contributed by atoms with Crippen molar-refractivity contribution >= 4 is 16.3 Å². The molecule has 0 saturated heterocycles. The van der Waals surface area contributed by atoms with E-state index < -0.39 is 16.3 Å². The number of H-pyrrole nitrogens is 1. The molecule has 1 N–H and O–H groups in total. The molecule has 19 heavy (non-hydrogen) atoms. The number of carbonyl (C=O) groups is 1. The van der Waals surface area contributed by atoms with Crippen LogP contribution in [0.15, 0.2) is 0 Å². The molecule has 0 atom stereocenters. The smallest absolute Gasteiger partial charge is 0.323 e. The Morgan fingerprint density at radius 1 is 1.32 bits per heavy atom. The Labute approximate surface area is 113 Å². The molecule has 0 aliphatic carbocycles. The summed E-state index contributed by atoms with van der Waals surface area (Å²) in [4.78, 5) is 17.8. The van der Waals surface area contributed by atoms with Crippen LogP contribution in [0.3, 0.4) is 0 Å². The number of hydrogen-bond donors (Lipinski definition) is 1. The molecule has 1 rings (SSSR count). The van der Waals surface area contributed by atoms with Gasteiger partial charge < -0.3 is 4.90 Å². The fourth-order valence-electron chi connectivity index (χ4n) is 1.76. The molecule has 0 aliphatic rings. The molecule has 0 fully saturated rings. The molecule has 7 nitrogen and oxygen atoms in total. The van der Waals surface area contributed by atoms with Crippen LogP contribution < -0.4 is 0 Å². The van der Waals surface area contributed by atoms with Crippen molar-refractivity contribution in [1.29, 1.82) is 0 Å². The molecule has 108 valence electrons. The zero-order valence-corrected chi connectivity index (χ0v) is 12.3. The number of hydrogen-bond acceptors (Lipinski definition) is 4. The fourth-order valence-corrected chi connectivity index (χ4v) is 2.22. The van der Waals surface area contributed by atoms with Gasteiger partial charge in [0.25, 0.3) is 15.1 Å². The summed E-state index contributed by atoms with van der Waals surface area (Å²) >= 11 is 0. The van der Waals surface area contributed by atoms with Crippen LogP contribution in [0, 0.1) is 4.77 Å². The Morgan fingerprint density at radius 2 is 2.00 bits per heavy atom. The summed E-state index contributed by atoms with van der Waals surface area (Å²) in [6.45, 7) is 6.87. The minimum absolute atomic E-state index is 0.261. The Bertz CT molecular complexity index is 592. The maximum atomic E-state index is 12.3. The predicted molar refractivity (Wildman–Crippen MR) is 71.1 cm³/mol. The number of carbonyl (C=O) groups excluding carboxylic acids is 1. The topological polar surface area (TPSA) is 88.1 Å². The van der Waals surface area contributed by atoms with Crippen LogP contribution in [0.25, 0.3) is 0 Å². The molecule has 1 aromatic heterocycles. The normalized spacial score (nSPS) is 10.5. The number of rotatable bonds is 5. The monoisotopic (exact) mass is 288 g/mol. The second-order valence-electron chi connectivity index (χ2n) is 4.14. The molecular weight excluding hydrogens is 268 g/mol. The molecule has 0 unspecified atom stereocenters. The third-order valence-electron chi connectivity index (χ3n) is 2.64. The van der Waals surface area contributed by atoms with E-state index in [4.69, 9.17) is 0 Å². The number of nitrogens with one attached hydrogen (secondary N) is 1. The summed E-state index contributed by atoms with van der Waals surface area (Å²) in [7, 11) is -2.54. The van der Waals surface area contributed by atoms with Gasteiger partial charge in [-0.15, -0.1) is 0 Å². The first-order valence-corrected chi connectivity index (χ1v) is 7.52. The molecule has 0 aromatic carbocycles. The van der Waals surface area contributed by atoms with E-state index >= 15 is 0 Å². The average Bonchev–Trinajstić information content (AvgIpc) is 2.80. The maximum absolute atomic E-state index is 12.3. The number of amides is 1. The Morgan fingerprint density at radius 3 is 2.47 bits per heavy atom. The summed E-state index contributed by atoms with van der Waals surface area (Å²) in [5.41, 5.74) is 0. The Balaban J connectivity index is 3.26. The molecule has 0 aliphatic heterocycles. The van der Waals surface area contributed by atoms with E-state index in [9.17, 15) is 13.2 Å². The van der Waals surface area contributed by atoms with Gasteiger partial charge in [0.15, 0.2) is 0 Å². The molecule has 1 heterocycles. The van der Waals surface area contributed by atoms with Crippen LogP contribution in [-0.2, 0) is 16.7 Å². The van der Waals surface area contributed by atoms with Crippen molar-refractivity contribution in [3.8, 4) is 0 Å². The van der Waals surface area contributed by atoms with Gasteiger partial charge >= 0.3 is 6.03 Å². The van der Waals surface area contributed by atoms with Crippen LogP contribution in [-0.4, -0.2) is 47.2 Å². The third-order valence-corrected chi connectivity index (χ3v) is 3.21. The highest BCUT2D eigenvalue weighted by molar-refractivity contribution is 7.63. The zero-order chi connectivity index (χ0) is 14.4. The summed E-state index contributed by atoms with van der Waals surface area (Å²) in [5.74, 6) is 0.502. The van der Waals surface area contributed by atoms with Crippen molar-refractivity contribution in [3.05, 3.63) is 10.6 Å². The van der Waals surface area contributed by atoms with Crippen molar-refractivity contribution in [2.75, 3.05) is 13.1 Å². The van der Waals surface area contributed by atoms with Gasteiger partial charge in [-0.3, -0.25) is 5.10 Å². The number of aromatic nitrogens is 3. The third kappa shape index (κ3) is 3.69. The number of aryl methyl sites for hydroxylation is 1. The first-order chi connectivity index (χ1) is 9.04. The fraction of sp³-hybridized carbons (Fsp3) is 0.727. The van der Waals surface area contributed by atoms with Crippen molar-refractivity contribution in [1.82, 2.24) is 19.7 Å². The van der Waals surface area contributed by atoms with Crippen molar-refractivity contribution in [2.24, 2.45) is 0 Å². The Kier molecular flexibility index (Phi) is 5.81. The van der Waals surface area contributed by atoms with Gasteiger partial charge in [0.2, 0.25) is 0 Å². The van der Waals surface area contributed by atoms with E-state index in [1.54, 1.807) is 4.90 Å². The van der Waals surface area contributed by atoms with Gasteiger partial charge in [-0.25, -0.2) is 4.79 Å². The molecule has 0 bridgehead atoms. The number of nitrogens with zero attached hydrogens (tertiary/aromatic N) is 3. The summed E-state index contributed by atoms with van der Waals surface area (Å²) in [6.07, 6.45) is 2.23. The van der Waals surface area contributed by atoms with Gasteiger partial charge in [0.05, 0.1) is 0 Å². The highest BCUT2D eigenvalue weighted by Gasteiger charge is 2.17. The lowest BCUT2D eigenvalue weighted by Crippen LogP contribution is -2.36. The van der Waals surface area contributed by atoms with Crippen LogP contribution in [0.1, 0.15) is 39.4 Å². The lowest BCUT2D eigenvalue weighted by atomic mass is 10.3. The standard InChI is InChI=1S/C11H20N4O3S/c1-4-7-9-12-10(19(17)18)15(13-9)11(16)14(6-3)8-5-2/h4-8H2,1-3H3,(H,12,13). The summed E-state index contributed by atoms with van der Waals surface area (Å²) < 4.78 is 23.0. The number of aromatic amines is 1. The van der Waals surface area contributed by atoms with E-state index in [-0.39, 0.29) is 4.77 Å². The van der Waals surface area contributed by atoms with Crippen molar-refractivity contribution in [2.45, 2.75) is 40.0 Å². The van der Waals surface area contributed by atoms with E-state index in [1.165, 1.54) is 0 Å². The first kappa shape index (κ1) is 15.5. The summed E-state index contributed by atoms with van der Waals surface area (Å²) in [6, 6.07) is -0.390. The second kappa shape index (κ2) is 7.13. The lowest BCUT2D eigenvalue weighted by molar-refractivity contribution is 0.198. The van der Waals surface area contributed by atoms with Crippen molar-refractivity contribution < 1.29 is 13.2 Å². The van der Waals surface area contributed by atoms with Crippen LogP contribution >= 0.6 is 0 Å². The largest absolute Gasteiger partial charge is 0.345 e. The highest BCUT2D eigenvalue weighted by Crippen LogP contribution is 2.01. The van der Waals surface area contributed by atoms with Crippen LogP contribution in [0.2, 0.25) is 0 Å². The zero-order valence-electron chi connectivity index (χ0n) is 11.5. The van der Waals surface area contributed by atoms with Gasteiger partial charge in [-0.2, -0.15) is 18.1 Å². The van der Waals surface area contributed by atoms with Crippen LogP contribution in [0.5, 0.6) is 0 Å². The van der Waals surface area contributed by atoms with E-state index in [2.05, 4.69) is 10.1 Å². The van der Waals surface area contributed by atoms with Gasteiger partial charge in [-0.05, 0) is 19.8 Å². The van der Waals surface area contributed by atoms with Crippen LogP contribution in [0.4, 0.5) is 4.79 Å². The molecule has 0 radical (unpaired) electrons. The predicted octanol–water partition coefficient (Wildman–Crippen LogP) is 1.27. The lowest BCUT2D eigenvalue weighted by Gasteiger charge is -2.19. The molecule has 0 saturated carbocycles. The molecule has 8 heteroatoms. The Hall–Kier alpha value is -1.57. The summed E-state index contributed by atoms with van der Waals surface area (Å²) in [5, 5.41) is 2.76. The second-order valence-corrected chi connectivity index (χ2v) is 4.97. The molecular formula is C11H20N4O3S. The van der Waals surface area contributed by atoms with Gasteiger partial charge in [0.1, 0.15) is 5.82 Å². The molecule has 1 amide bonds. The quantitative estimate of drug-likeness (QED) is 0.826. The van der Waals surface area contributed by atoms with E-state index in [0.717, 1.165) is 17.5 Å². The van der Waals surface area contributed by atoms with E-state index in [1.807, 2.05) is 20.8 Å². The highest BCUT2D eigenvalue weighted by atomic mass is 32.2. The minimum atomic E-state index is -2.54.